The zero-order valence-electron chi connectivity index (χ0n) is 11.5. The Morgan fingerprint density at radius 3 is 2.57 bits per heavy atom. The predicted molar refractivity (Wildman–Crippen MR) is 75.9 cm³/mol. The van der Waals surface area contributed by atoms with Gasteiger partial charge in [-0.3, -0.25) is 9.78 Å². The quantitative estimate of drug-likeness (QED) is 0.890. The highest BCUT2D eigenvalue weighted by Gasteiger charge is 2.14. The van der Waals surface area contributed by atoms with Crippen LogP contribution in [0.4, 0.5) is 14.5 Å². The highest BCUT2D eigenvalue weighted by Crippen LogP contribution is 2.20. The molecule has 0 fully saturated rings. The zero-order chi connectivity index (χ0) is 15.2. The number of nitrogens with zero attached hydrogens (tertiary/aromatic N) is 1. The van der Waals surface area contributed by atoms with Gasteiger partial charge in [0.1, 0.15) is 17.3 Å². The minimum absolute atomic E-state index is 0.0597. The molecule has 1 aromatic heterocycles. The van der Waals surface area contributed by atoms with E-state index < -0.39 is 17.5 Å². The fourth-order valence-electron chi connectivity index (χ4n) is 1.84. The molecule has 0 atom stereocenters. The summed E-state index contributed by atoms with van der Waals surface area (Å²) in [5.74, 6) is -2.12. The molecule has 21 heavy (non-hydrogen) atoms. The zero-order valence-corrected chi connectivity index (χ0v) is 11.5. The molecule has 2 N–H and O–H groups in total. The minimum Gasteiger partial charge on any atom is -0.381 e. The Balaban J connectivity index is 2.09. The molecular formula is C15H15F2N3O. The average Bonchev–Trinajstić information content (AvgIpc) is 2.49. The molecule has 0 saturated heterocycles. The summed E-state index contributed by atoms with van der Waals surface area (Å²) in [6, 6.07) is 5.56. The first kappa shape index (κ1) is 14.9. The molecule has 0 radical (unpaired) electrons. The van der Waals surface area contributed by atoms with Gasteiger partial charge in [0, 0.05) is 31.0 Å². The van der Waals surface area contributed by atoms with Crippen molar-refractivity contribution in [1.29, 1.82) is 0 Å². The van der Waals surface area contributed by atoms with Crippen molar-refractivity contribution < 1.29 is 13.6 Å². The topological polar surface area (TPSA) is 54.0 Å². The van der Waals surface area contributed by atoms with Gasteiger partial charge in [-0.05, 0) is 30.7 Å². The van der Waals surface area contributed by atoms with Crippen molar-refractivity contribution in [2.45, 2.75) is 13.5 Å². The Labute approximate surface area is 121 Å². The number of anilines is 1. The van der Waals surface area contributed by atoms with E-state index in [4.69, 9.17) is 0 Å². The highest BCUT2D eigenvalue weighted by atomic mass is 19.1. The molecule has 2 aromatic rings. The van der Waals surface area contributed by atoms with Gasteiger partial charge in [-0.1, -0.05) is 6.07 Å². The van der Waals surface area contributed by atoms with Crippen LogP contribution in [-0.2, 0) is 6.54 Å². The molecule has 1 heterocycles. The first-order valence-corrected chi connectivity index (χ1v) is 6.51. The molecule has 1 amide bonds. The lowest BCUT2D eigenvalue weighted by atomic mass is 10.1. The number of hydrogen-bond acceptors (Lipinski definition) is 3. The lowest BCUT2D eigenvalue weighted by Gasteiger charge is -2.09. The summed E-state index contributed by atoms with van der Waals surface area (Å²) in [5.41, 5.74) is 0.521. The van der Waals surface area contributed by atoms with Crippen LogP contribution in [0.2, 0.25) is 0 Å². The first-order chi connectivity index (χ1) is 10.1. The van der Waals surface area contributed by atoms with Gasteiger partial charge in [0.15, 0.2) is 0 Å². The van der Waals surface area contributed by atoms with Crippen molar-refractivity contribution in [3.63, 3.8) is 0 Å². The van der Waals surface area contributed by atoms with Gasteiger partial charge in [0.25, 0.3) is 5.91 Å². The van der Waals surface area contributed by atoms with Gasteiger partial charge in [0.05, 0.1) is 0 Å². The SMILES string of the molecule is CCNc1c(F)cc(C(=O)NCc2cccnc2)cc1F. The van der Waals surface area contributed by atoms with Gasteiger partial charge in [-0.15, -0.1) is 0 Å². The van der Waals surface area contributed by atoms with Crippen LogP contribution in [0.5, 0.6) is 0 Å². The first-order valence-electron chi connectivity index (χ1n) is 6.51. The number of carbonyl (C=O) groups is 1. The van der Waals surface area contributed by atoms with Crippen molar-refractivity contribution in [3.8, 4) is 0 Å². The molecule has 0 spiro atoms. The van der Waals surface area contributed by atoms with Crippen molar-refractivity contribution in [2.75, 3.05) is 11.9 Å². The average molecular weight is 291 g/mol. The number of carbonyl (C=O) groups excluding carboxylic acids is 1. The van der Waals surface area contributed by atoms with Crippen LogP contribution in [0, 0.1) is 11.6 Å². The lowest BCUT2D eigenvalue weighted by Crippen LogP contribution is -2.23. The van der Waals surface area contributed by atoms with E-state index in [0.29, 0.717) is 6.54 Å². The van der Waals surface area contributed by atoms with E-state index in [0.717, 1.165) is 17.7 Å². The van der Waals surface area contributed by atoms with Crippen LogP contribution in [0.15, 0.2) is 36.7 Å². The summed E-state index contributed by atoms with van der Waals surface area (Å²) in [5, 5.41) is 5.17. The van der Waals surface area contributed by atoms with Crippen LogP contribution in [0.25, 0.3) is 0 Å². The molecule has 2 rings (SSSR count). The van der Waals surface area contributed by atoms with Crippen molar-refractivity contribution >= 4 is 11.6 Å². The monoisotopic (exact) mass is 291 g/mol. The standard InChI is InChI=1S/C15H15F2N3O/c1-2-19-14-12(16)6-11(7-13(14)17)15(21)20-9-10-4-3-5-18-8-10/h3-8,19H,2,9H2,1H3,(H,20,21). The van der Waals surface area contributed by atoms with E-state index in [1.165, 1.54) is 0 Å². The number of halogens is 2. The maximum absolute atomic E-state index is 13.7. The summed E-state index contributed by atoms with van der Waals surface area (Å²) < 4.78 is 27.5. The van der Waals surface area contributed by atoms with Gasteiger partial charge in [-0.2, -0.15) is 0 Å². The third-order valence-corrected chi connectivity index (χ3v) is 2.83. The van der Waals surface area contributed by atoms with E-state index in [1.54, 1.807) is 31.5 Å². The summed E-state index contributed by atoms with van der Waals surface area (Å²) in [4.78, 5) is 15.8. The second kappa shape index (κ2) is 6.78. The van der Waals surface area contributed by atoms with Gasteiger partial charge < -0.3 is 10.6 Å². The molecule has 4 nitrogen and oxygen atoms in total. The summed E-state index contributed by atoms with van der Waals surface area (Å²) >= 11 is 0. The fraction of sp³-hybridized carbons (Fsp3) is 0.200. The molecule has 0 aliphatic heterocycles. The molecule has 0 saturated carbocycles. The summed E-state index contributed by atoms with van der Waals surface area (Å²) in [6.07, 6.45) is 3.23. The highest BCUT2D eigenvalue weighted by molar-refractivity contribution is 5.94. The van der Waals surface area contributed by atoms with E-state index >= 15 is 0 Å². The molecular weight excluding hydrogens is 276 g/mol. The van der Waals surface area contributed by atoms with Crippen molar-refractivity contribution in [3.05, 3.63) is 59.4 Å². The largest absolute Gasteiger partial charge is 0.381 e. The number of rotatable bonds is 5. The number of amides is 1. The Morgan fingerprint density at radius 1 is 1.29 bits per heavy atom. The van der Waals surface area contributed by atoms with E-state index in [9.17, 15) is 13.6 Å². The Hall–Kier alpha value is -2.50. The number of aromatic nitrogens is 1. The molecule has 110 valence electrons. The fourth-order valence-corrected chi connectivity index (χ4v) is 1.84. The van der Waals surface area contributed by atoms with Gasteiger partial charge in [-0.25, -0.2) is 8.78 Å². The maximum atomic E-state index is 13.7. The molecule has 6 heteroatoms. The minimum atomic E-state index is -0.789. The maximum Gasteiger partial charge on any atom is 0.251 e. The summed E-state index contributed by atoms with van der Waals surface area (Å²) in [7, 11) is 0. The molecule has 0 aliphatic carbocycles. The van der Waals surface area contributed by atoms with Gasteiger partial charge >= 0.3 is 0 Å². The van der Waals surface area contributed by atoms with Crippen LogP contribution in [0.1, 0.15) is 22.8 Å². The molecule has 1 aromatic carbocycles. The van der Waals surface area contributed by atoms with Gasteiger partial charge in [0.2, 0.25) is 0 Å². The molecule has 0 unspecified atom stereocenters. The number of nitrogens with one attached hydrogen (secondary N) is 2. The third-order valence-electron chi connectivity index (χ3n) is 2.83. The smallest absolute Gasteiger partial charge is 0.251 e. The molecule has 0 bridgehead atoms. The number of benzene rings is 1. The second-order valence-electron chi connectivity index (χ2n) is 4.39. The Bertz CT molecular complexity index is 609. The lowest BCUT2D eigenvalue weighted by molar-refractivity contribution is 0.0950. The van der Waals surface area contributed by atoms with Crippen LogP contribution >= 0.6 is 0 Å². The van der Waals surface area contributed by atoms with Crippen LogP contribution in [0.3, 0.4) is 0 Å². The predicted octanol–water partition coefficient (Wildman–Crippen LogP) is 2.72. The van der Waals surface area contributed by atoms with E-state index in [1.807, 2.05) is 0 Å². The van der Waals surface area contributed by atoms with E-state index in [2.05, 4.69) is 15.6 Å². The number of hydrogen-bond donors (Lipinski definition) is 2. The van der Waals surface area contributed by atoms with E-state index in [-0.39, 0.29) is 17.8 Å². The van der Waals surface area contributed by atoms with Crippen LogP contribution < -0.4 is 10.6 Å². The normalized spacial score (nSPS) is 10.2. The number of pyridine rings is 1. The van der Waals surface area contributed by atoms with Crippen LogP contribution in [-0.4, -0.2) is 17.4 Å². The molecule has 0 aliphatic rings. The Kier molecular flexibility index (Phi) is 4.81. The van der Waals surface area contributed by atoms with Crippen molar-refractivity contribution in [2.24, 2.45) is 0 Å². The van der Waals surface area contributed by atoms with Crippen molar-refractivity contribution in [1.82, 2.24) is 10.3 Å². The Morgan fingerprint density at radius 2 is 2.00 bits per heavy atom. The summed E-state index contributed by atoms with van der Waals surface area (Å²) in [6.45, 7) is 2.36. The third kappa shape index (κ3) is 3.75. The second-order valence-corrected chi connectivity index (χ2v) is 4.39.